The molecule has 3 amide bonds. The van der Waals surface area contributed by atoms with E-state index in [0.29, 0.717) is 12.4 Å². The van der Waals surface area contributed by atoms with Crippen LogP contribution in [-0.4, -0.2) is 23.6 Å². The van der Waals surface area contributed by atoms with Crippen LogP contribution < -0.4 is 15.3 Å². The standard InChI is InChI=1S/C13H14N4O2.C2H6.Re/c1-2-8-3-4-9-10(7-8)15-16-12(9)17-6-5-11(18)14-13(17)19;1-2;/h3-4,7H,2,5-6H2,1H3,(H2,14,15,16,18,19);1-2H3;/p-1. The first-order valence-electron chi connectivity index (χ1n) is 7.22. The Labute approximate surface area is 143 Å². The van der Waals surface area contributed by atoms with E-state index in [4.69, 9.17) is 0 Å². The van der Waals surface area contributed by atoms with Gasteiger partial charge in [0.25, 0.3) is 0 Å². The van der Waals surface area contributed by atoms with Crippen LogP contribution in [0.25, 0.3) is 10.9 Å². The van der Waals surface area contributed by atoms with E-state index >= 15 is 0 Å². The quantitative estimate of drug-likeness (QED) is 0.726. The summed E-state index contributed by atoms with van der Waals surface area (Å²) in [5.74, 6) is 0.265. The van der Waals surface area contributed by atoms with Gasteiger partial charge in [-0.15, -0.1) is 5.52 Å². The maximum atomic E-state index is 11.8. The van der Waals surface area contributed by atoms with Crippen molar-refractivity contribution in [3.05, 3.63) is 23.8 Å². The molecule has 119 valence electrons. The molecule has 1 aromatic heterocycles. The number of aryl methyl sites for hydroxylation is 1. The molecule has 0 unspecified atom stereocenters. The maximum Gasteiger partial charge on any atom is 0.329 e. The van der Waals surface area contributed by atoms with Crippen molar-refractivity contribution in [1.82, 2.24) is 15.5 Å². The molecule has 7 heteroatoms. The van der Waals surface area contributed by atoms with Gasteiger partial charge in [0.2, 0.25) is 5.91 Å². The molecule has 1 saturated heterocycles. The normalized spacial score (nSPS) is 14.0. The van der Waals surface area contributed by atoms with Gasteiger partial charge in [0, 0.05) is 38.8 Å². The fourth-order valence-corrected chi connectivity index (χ4v) is 2.19. The van der Waals surface area contributed by atoms with Crippen LogP contribution in [0.4, 0.5) is 10.6 Å². The summed E-state index contributed by atoms with van der Waals surface area (Å²) in [5, 5.41) is 11.3. The number of urea groups is 1. The van der Waals surface area contributed by atoms with E-state index in [0.717, 1.165) is 17.3 Å². The monoisotopic (exact) mass is 474 g/mol. The number of nitrogens with zero attached hydrogens (tertiary/aromatic N) is 3. The van der Waals surface area contributed by atoms with Gasteiger partial charge in [0.05, 0.1) is 0 Å². The van der Waals surface area contributed by atoms with Crippen LogP contribution >= 0.6 is 0 Å². The Bertz CT molecular complexity index is 669. The van der Waals surface area contributed by atoms with E-state index in [2.05, 4.69) is 22.4 Å². The van der Waals surface area contributed by atoms with Crippen molar-refractivity contribution in [2.75, 3.05) is 11.4 Å². The molecule has 0 bridgehead atoms. The third kappa shape index (κ3) is 3.54. The van der Waals surface area contributed by atoms with Crippen molar-refractivity contribution in [3.8, 4) is 0 Å². The predicted octanol–water partition coefficient (Wildman–Crippen LogP) is 2.22. The number of rotatable bonds is 2. The van der Waals surface area contributed by atoms with Crippen molar-refractivity contribution in [2.45, 2.75) is 33.6 Å². The Hall–Kier alpha value is -1.71. The van der Waals surface area contributed by atoms with Crippen LogP contribution in [0.1, 0.15) is 32.8 Å². The van der Waals surface area contributed by atoms with Crippen LogP contribution in [0.5, 0.6) is 0 Å². The summed E-state index contributed by atoms with van der Waals surface area (Å²) < 4.78 is 0. The van der Waals surface area contributed by atoms with Gasteiger partial charge in [-0.2, -0.15) is 0 Å². The zero-order chi connectivity index (χ0) is 15.4. The minimum absolute atomic E-state index is 0. The Morgan fingerprint density at radius 1 is 1.32 bits per heavy atom. The molecular weight excluding hydrogens is 454 g/mol. The fraction of sp³-hybridized carbons (Fsp3) is 0.400. The van der Waals surface area contributed by atoms with Gasteiger partial charge in [0.1, 0.15) is 5.82 Å². The SMILES string of the molecule is CC.CCc1ccc2c(N3CCC(=O)NC3=O)n[n-]c2c1.[Re]. The fourth-order valence-electron chi connectivity index (χ4n) is 2.19. The number of aromatic nitrogens is 2. The van der Waals surface area contributed by atoms with Gasteiger partial charge in [-0.05, 0) is 12.0 Å². The minimum atomic E-state index is -0.433. The molecule has 0 atom stereocenters. The second kappa shape index (κ2) is 8.06. The van der Waals surface area contributed by atoms with Crippen LogP contribution in [0.2, 0.25) is 0 Å². The number of amides is 3. The average Bonchev–Trinajstić information content (AvgIpc) is 2.92. The Balaban J connectivity index is 0.000000775. The summed E-state index contributed by atoms with van der Waals surface area (Å²) in [6.07, 6.45) is 1.21. The molecule has 0 saturated carbocycles. The van der Waals surface area contributed by atoms with Crippen molar-refractivity contribution in [1.29, 1.82) is 0 Å². The zero-order valence-corrected chi connectivity index (χ0v) is 15.6. The molecule has 1 radical (unpaired) electrons. The number of hydrogen-bond donors (Lipinski definition) is 1. The van der Waals surface area contributed by atoms with Crippen molar-refractivity contribution >= 4 is 28.7 Å². The first-order valence-corrected chi connectivity index (χ1v) is 7.22. The summed E-state index contributed by atoms with van der Waals surface area (Å²) in [7, 11) is 0. The number of anilines is 1. The van der Waals surface area contributed by atoms with E-state index in [1.54, 1.807) is 0 Å². The second-order valence-corrected chi connectivity index (χ2v) is 4.48. The average molecular weight is 474 g/mol. The first kappa shape index (κ1) is 18.3. The summed E-state index contributed by atoms with van der Waals surface area (Å²) in [5.41, 5.74) is 1.95. The molecule has 1 fully saturated rings. The maximum absolute atomic E-state index is 11.8. The van der Waals surface area contributed by atoms with Gasteiger partial charge < -0.3 is 10.2 Å². The number of hydrogen-bond acceptors (Lipinski definition) is 3. The molecule has 2 heterocycles. The van der Waals surface area contributed by atoms with Gasteiger partial charge in [-0.3, -0.25) is 15.0 Å². The van der Waals surface area contributed by atoms with Crippen molar-refractivity contribution < 1.29 is 30.0 Å². The molecule has 1 aromatic carbocycles. The molecule has 6 nitrogen and oxygen atoms in total. The molecule has 0 aliphatic carbocycles. The molecule has 1 N–H and O–H groups in total. The van der Waals surface area contributed by atoms with Gasteiger partial charge in [0.15, 0.2) is 0 Å². The second-order valence-electron chi connectivity index (χ2n) is 4.48. The smallest absolute Gasteiger partial charge is 0.329 e. The topological polar surface area (TPSA) is 76.4 Å². The minimum Gasteiger partial charge on any atom is -0.573 e. The number of benzene rings is 1. The van der Waals surface area contributed by atoms with E-state index in [1.807, 2.05) is 32.0 Å². The third-order valence-electron chi connectivity index (χ3n) is 3.27. The van der Waals surface area contributed by atoms with E-state index < -0.39 is 6.03 Å². The summed E-state index contributed by atoms with van der Waals surface area (Å²) >= 11 is 0. The largest absolute Gasteiger partial charge is 0.573 e. The zero-order valence-electron chi connectivity index (χ0n) is 12.9. The Morgan fingerprint density at radius 3 is 2.68 bits per heavy atom. The van der Waals surface area contributed by atoms with Gasteiger partial charge in [-0.25, -0.2) is 4.79 Å². The number of imide groups is 1. The van der Waals surface area contributed by atoms with Crippen LogP contribution in [0.15, 0.2) is 18.2 Å². The van der Waals surface area contributed by atoms with Crippen LogP contribution in [0, 0.1) is 0 Å². The molecule has 1 aliphatic rings. The van der Waals surface area contributed by atoms with Gasteiger partial charge in [-0.1, -0.05) is 39.0 Å². The molecule has 3 rings (SSSR count). The molecule has 0 spiro atoms. The number of carbonyl (C=O) groups excluding carboxylic acids is 2. The van der Waals surface area contributed by atoms with E-state index in [9.17, 15) is 9.59 Å². The predicted molar refractivity (Wildman–Crippen MR) is 81.3 cm³/mol. The molecular formula is C15H19N4O2Re-. The van der Waals surface area contributed by atoms with Gasteiger partial charge >= 0.3 is 6.03 Å². The van der Waals surface area contributed by atoms with Crippen molar-refractivity contribution in [2.24, 2.45) is 0 Å². The Morgan fingerprint density at radius 2 is 2.05 bits per heavy atom. The summed E-state index contributed by atoms with van der Waals surface area (Å²) in [6, 6.07) is 5.46. The number of nitrogens with one attached hydrogen (secondary N) is 1. The molecule has 2 aromatic rings. The summed E-state index contributed by atoms with van der Waals surface area (Å²) in [4.78, 5) is 24.4. The number of fused-ring (bicyclic) bond motifs is 1. The van der Waals surface area contributed by atoms with E-state index in [1.165, 1.54) is 10.5 Å². The van der Waals surface area contributed by atoms with Crippen LogP contribution in [-0.2, 0) is 31.6 Å². The molecule has 22 heavy (non-hydrogen) atoms. The third-order valence-corrected chi connectivity index (χ3v) is 3.27. The molecule has 1 aliphatic heterocycles. The van der Waals surface area contributed by atoms with Crippen molar-refractivity contribution in [3.63, 3.8) is 0 Å². The number of carbonyl (C=O) groups is 2. The van der Waals surface area contributed by atoms with Crippen LogP contribution in [0.3, 0.4) is 0 Å². The van der Waals surface area contributed by atoms with E-state index in [-0.39, 0.29) is 32.8 Å². The first-order chi connectivity index (χ1) is 10.2. The Kier molecular flexibility index (Phi) is 6.72. The summed E-state index contributed by atoms with van der Waals surface area (Å²) in [6.45, 7) is 6.41.